The molecule has 1 aromatic carbocycles. The maximum absolute atomic E-state index is 12.4. The molecule has 0 heterocycles. The maximum Gasteiger partial charge on any atom is 0.450 e. The second-order valence-electron chi connectivity index (χ2n) is 4.83. The van der Waals surface area contributed by atoms with Crippen molar-refractivity contribution in [2.45, 2.75) is 36.8 Å². The Bertz CT molecular complexity index is 483. The van der Waals surface area contributed by atoms with E-state index in [4.69, 9.17) is 11.6 Å². The molecule has 0 aliphatic heterocycles. The Hall–Kier alpha value is -0.680. The second-order valence-corrected chi connectivity index (χ2v) is 6.11. The molecule has 1 rings (SSSR count). The van der Waals surface area contributed by atoms with Gasteiger partial charge in [-0.15, -0.1) is 11.8 Å². The zero-order valence-corrected chi connectivity index (χ0v) is 12.3. The van der Waals surface area contributed by atoms with Gasteiger partial charge in [-0.05, 0) is 29.4 Å². The van der Waals surface area contributed by atoms with E-state index in [9.17, 15) is 18.0 Å². The number of alkyl halides is 3. The summed E-state index contributed by atoms with van der Waals surface area (Å²) in [5.74, 6) is -1.71. The number of thioether (sulfide) groups is 1. The first-order valence-corrected chi connectivity index (χ1v) is 7.12. The lowest BCUT2D eigenvalue weighted by atomic mass is 9.80. The van der Waals surface area contributed by atoms with E-state index in [1.54, 1.807) is 32.0 Å². The minimum absolute atomic E-state index is 0.519. The molecule has 0 amide bonds. The predicted octanol–water partition coefficient (Wildman–Crippen LogP) is 4.86. The second kappa shape index (κ2) is 5.75. The van der Waals surface area contributed by atoms with Crippen LogP contribution in [0.1, 0.15) is 25.8 Å². The maximum atomic E-state index is 12.4. The van der Waals surface area contributed by atoms with Crippen molar-refractivity contribution in [1.29, 1.82) is 0 Å². The third-order valence-electron chi connectivity index (χ3n) is 2.81. The van der Waals surface area contributed by atoms with Crippen LogP contribution in [0.5, 0.6) is 0 Å². The van der Waals surface area contributed by atoms with E-state index >= 15 is 0 Å². The molecule has 1 nitrogen and oxygen atoms in total. The van der Waals surface area contributed by atoms with E-state index in [0.29, 0.717) is 10.6 Å². The zero-order valence-electron chi connectivity index (χ0n) is 10.8. The third kappa shape index (κ3) is 4.14. The van der Waals surface area contributed by atoms with Crippen molar-refractivity contribution < 1.29 is 18.0 Å². The van der Waals surface area contributed by atoms with Crippen molar-refractivity contribution in [3.8, 4) is 0 Å². The molecule has 0 saturated carbocycles. The highest BCUT2D eigenvalue weighted by Crippen LogP contribution is 2.37. The van der Waals surface area contributed by atoms with E-state index in [-0.39, 0.29) is 0 Å². The predicted molar refractivity (Wildman–Crippen MR) is 71.9 cm³/mol. The topological polar surface area (TPSA) is 17.1 Å². The SMILES string of the molecule is CSc1cc(Cl)ccc1C(C)(C)CC(=O)C(F)(F)F. The van der Waals surface area contributed by atoms with Crippen LogP contribution in [0.2, 0.25) is 5.02 Å². The Morgan fingerprint density at radius 3 is 2.37 bits per heavy atom. The van der Waals surface area contributed by atoms with Crippen molar-refractivity contribution in [2.24, 2.45) is 0 Å². The molecule has 0 saturated heterocycles. The molecule has 0 radical (unpaired) electrons. The van der Waals surface area contributed by atoms with E-state index in [1.165, 1.54) is 11.8 Å². The number of Topliss-reactive ketones (excluding diaryl/α,β-unsaturated/α-hetero) is 1. The summed E-state index contributed by atoms with van der Waals surface area (Å²) in [6.45, 7) is 3.25. The highest BCUT2D eigenvalue weighted by Gasteiger charge is 2.42. The fourth-order valence-electron chi connectivity index (χ4n) is 1.82. The van der Waals surface area contributed by atoms with E-state index < -0.39 is 23.8 Å². The molecule has 0 atom stereocenters. The molecule has 0 fully saturated rings. The fraction of sp³-hybridized carbons (Fsp3) is 0.462. The normalized spacial score (nSPS) is 12.6. The van der Waals surface area contributed by atoms with Gasteiger partial charge in [-0.2, -0.15) is 13.2 Å². The number of hydrogen-bond acceptors (Lipinski definition) is 2. The molecular formula is C13H14ClF3OS. The largest absolute Gasteiger partial charge is 0.450 e. The van der Waals surface area contributed by atoms with Crippen molar-refractivity contribution >= 4 is 29.1 Å². The number of halogens is 4. The number of rotatable bonds is 4. The molecule has 6 heteroatoms. The van der Waals surface area contributed by atoms with Gasteiger partial charge in [0.15, 0.2) is 0 Å². The van der Waals surface area contributed by atoms with Gasteiger partial charge in [0.2, 0.25) is 5.78 Å². The summed E-state index contributed by atoms with van der Waals surface area (Å²) in [6.07, 6.45) is -3.55. The third-order valence-corrected chi connectivity index (χ3v) is 3.82. The Balaban J connectivity index is 3.10. The Labute approximate surface area is 119 Å². The number of benzene rings is 1. The molecular weight excluding hydrogens is 297 g/mol. The summed E-state index contributed by atoms with van der Waals surface area (Å²) < 4.78 is 37.1. The molecule has 0 aliphatic rings. The fourth-order valence-corrected chi connectivity index (χ4v) is 2.87. The molecule has 0 spiro atoms. The van der Waals surface area contributed by atoms with Gasteiger partial charge < -0.3 is 0 Å². The Morgan fingerprint density at radius 1 is 1.32 bits per heavy atom. The molecule has 0 aromatic heterocycles. The van der Waals surface area contributed by atoms with Crippen LogP contribution in [0.15, 0.2) is 23.1 Å². The molecule has 0 unspecified atom stereocenters. The average molecular weight is 311 g/mol. The van der Waals surface area contributed by atoms with Gasteiger partial charge in [-0.1, -0.05) is 31.5 Å². The van der Waals surface area contributed by atoms with Crippen LogP contribution in [-0.2, 0) is 10.2 Å². The lowest BCUT2D eigenvalue weighted by Gasteiger charge is -2.27. The van der Waals surface area contributed by atoms with Gasteiger partial charge in [-0.3, -0.25) is 4.79 Å². The summed E-state index contributed by atoms with van der Waals surface area (Å²) >= 11 is 7.26. The summed E-state index contributed by atoms with van der Waals surface area (Å²) in [4.78, 5) is 11.9. The van der Waals surface area contributed by atoms with Crippen LogP contribution >= 0.6 is 23.4 Å². The lowest BCUT2D eigenvalue weighted by molar-refractivity contribution is -0.172. The van der Waals surface area contributed by atoms with Crippen LogP contribution in [0.3, 0.4) is 0 Å². The van der Waals surface area contributed by atoms with Gasteiger partial charge in [0, 0.05) is 16.3 Å². The van der Waals surface area contributed by atoms with Gasteiger partial charge >= 0.3 is 6.18 Å². The van der Waals surface area contributed by atoms with Gasteiger partial charge in [0.25, 0.3) is 0 Å². The standard InChI is InChI=1S/C13H14ClF3OS/c1-12(2,7-11(18)13(15,16)17)9-5-4-8(14)6-10(9)19-3/h4-6H,7H2,1-3H3. The molecule has 106 valence electrons. The van der Waals surface area contributed by atoms with Crippen LogP contribution in [0.4, 0.5) is 13.2 Å². The van der Waals surface area contributed by atoms with Crippen LogP contribution in [-0.4, -0.2) is 18.2 Å². The quantitative estimate of drug-likeness (QED) is 0.739. The monoisotopic (exact) mass is 310 g/mol. The number of hydrogen-bond donors (Lipinski definition) is 0. The first-order chi connectivity index (χ1) is 8.58. The summed E-state index contributed by atoms with van der Waals surface area (Å²) in [5, 5.41) is 0.519. The highest BCUT2D eigenvalue weighted by atomic mass is 35.5. The van der Waals surface area contributed by atoms with Crippen molar-refractivity contribution in [1.82, 2.24) is 0 Å². The summed E-state index contributed by atoms with van der Waals surface area (Å²) in [6, 6.07) is 5.00. The Morgan fingerprint density at radius 2 is 1.89 bits per heavy atom. The smallest absolute Gasteiger partial charge is 0.290 e. The first kappa shape index (κ1) is 16.4. The number of carbonyl (C=O) groups is 1. The minimum atomic E-state index is -4.79. The molecule has 19 heavy (non-hydrogen) atoms. The molecule has 0 bridgehead atoms. The van der Waals surface area contributed by atoms with Crippen molar-refractivity contribution in [2.75, 3.05) is 6.26 Å². The van der Waals surface area contributed by atoms with E-state index in [2.05, 4.69) is 0 Å². The summed E-state index contributed by atoms with van der Waals surface area (Å²) in [7, 11) is 0. The van der Waals surface area contributed by atoms with E-state index in [1.807, 2.05) is 6.26 Å². The minimum Gasteiger partial charge on any atom is -0.290 e. The first-order valence-electron chi connectivity index (χ1n) is 5.52. The van der Waals surface area contributed by atoms with Gasteiger partial charge in [0.05, 0.1) is 0 Å². The van der Waals surface area contributed by atoms with Crippen molar-refractivity contribution in [3.05, 3.63) is 28.8 Å². The van der Waals surface area contributed by atoms with E-state index in [0.717, 1.165) is 4.90 Å². The van der Waals surface area contributed by atoms with Crippen molar-refractivity contribution in [3.63, 3.8) is 0 Å². The molecule has 0 N–H and O–H groups in total. The molecule has 1 aromatic rings. The average Bonchev–Trinajstić information content (AvgIpc) is 2.26. The molecule has 0 aliphatic carbocycles. The zero-order chi connectivity index (χ0) is 14.8. The highest BCUT2D eigenvalue weighted by molar-refractivity contribution is 7.98. The van der Waals surface area contributed by atoms with Crippen LogP contribution < -0.4 is 0 Å². The van der Waals surface area contributed by atoms with Gasteiger partial charge in [-0.25, -0.2) is 0 Å². The van der Waals surface area contributed by atoms with Crippen LogP contribution in [0, 0.1) is 0 Å². The number of ketones is 1. The number of carbonyl (C=O) groups excluding carboxylic acids is 1. The summed E-state index contributed by atoms with van der Waals surface area (Å²) in [5.41, 5.74) is -0.197. The van der Waals surface area contributed by atoms with Gasteiger partial charge in [0.1, 0.15) is 0 Å². The van der Waals surface area contributed by atoms with Crippen LogP contribution in [0.25, 0.3) is 0 Å². The lowest BCUT2D eigenvalue weighted by Crippen LogP contribution is -2.31. The Kier molecular flexibility index (Phi) is 4.96.